The van der Waals surface area contributed by atoms with Crippen molar-refractivity contribution < 1.29 is 37.9 Å². The lowest BCUT2D eigenvalue weighted by molar-refractivity contribution is 0.000195. The van der Waals surface area contributed by atoms with Gasteiger partial charge in [-0.1, -0.05) is 154 Å². The minimum absolute atomic E-state index is 0.393. The summed E-state index contributed by atoms with van der Waals surface area (Å²) in [6, 6.07) is 21.8. The third-order valence-electron chi connectivity index (χ3n) is 12.5. The van der Waals surface area contributed by atoms with Gasteiger partial charge in [0.1, 0.15) is 0 Å². The fourth-order valence-electron chi connectivity index (χ4n) is 8.17. The minimum Gasteiger partial charge on any atom is -0.382 e. The third kappa shape index (κ3) is 31.9. The second-order valence-electron chi connectivity index (χ2n) is 18.5. The number of rotatable bonds is 48. The van der Waals surface area contributed by atoms with Gasteiger partial charge in [0.15, 0.2) is 0 Å². The Balaban J connectivity index is 1.70. The van der Waals surface area contributed by atoms with Crippen molar-refractivity contribution in [2.24, 2.45) is 9.98 Å². The molecule has 0 aliphatic rings. The van der Waals surface area contributed by atoms with Gasteiger partial charge < -0.3 is 37.9 Å². The standard InChI is InChI=1S/C60H96N2O8/c1-5-7-9-11-13-15-17-19-21-23-25-53-27-31-59(32-28-53)61-49-55-47-56(50-62-60-33-29-54(30-34-60)26-24-22-20-18-16-14-12-10-8-6-2)58(52-70-46-44-68-42-40-66-38-36-64-4)48-57(55)51-69-45-43-67-41-39-65-37-35-63-3/h27-34,47-50H,5-26,35-46,51-52H2,1-4H3. The Morgan fingerprint density at radius 1 is 0.343 bits per heavy atom. The first-order chi connectivity index (χ1) is 34.7. The van der Waals surface area contributed by atoms with E-state index in [1.54, 1.807) is 14.2 Å². The van der Waals surface area contributed by atoms with E-state index in [9.17, 15) is 0 Å². The van der Waals surface area contributed by atoms with Crippen molar-refractivity contribution >= 4 is 23.8 Å². The smallest absolute Gasteiger partial charge is 0.0724 e. The molecule has 0 amide bonds. The Morgan fingerprint density at radius 2 is 0.643 bits per heavy atom. The van der Waals surface area contributed by atoms with E-state index >= 15 is 0 Å². The fourth-order valence-corrected chi connectivity index (χ4v) is 8.17. The van der Waals surface area contributed by atoms with E-state index in [-0.39, 0.29) is 0 Å². The molecular weight excluding hydrogens is 877 g/mol. The zero-order chi connectivity index (χ0) is 49.6. The van der Waals surface area contributed by atoms with E-state index < -0.39 is 0 Å². The second-order valence-corrected chi connectivity index (χ2v) is 18.5. The van der Waals surface area contributed by atoms with Gasteiger partial charge in [0.05, 0.1) is 104 Å². The zero-order valence-electron chi connectivity index (χ0n) is 44.5. The molecule has 3 aromatic rings. The molecule has 70 heavy (non-hydrogen) atoms. The summed E-state index contributed by atoms with van der Waals surface area (Å²) in [6.07, 6.45) is 33.1. The van der Waals surface area contributed by atoms with Gasteiger partial charge in [-0.15, -0.1) is 0 Å². The van der Waals surface area contributed by atoms with Crippen LogP contribution in [-0.4, -0.2) is 106 Å². The SMILES string of the molecule is CCCCCCCCCCCCc1ccc(N=Cc2cc(C=Nc3ccc(CCCCCCCCCCCC)cc3)c(COCCOCCOCCOC)cc2COCCOCCOCCOC)cc1. The normalized spacial score (nSPS) is 11.8. The van der Waals surface area contributed by atoms with Crippen LogP contribution in [0.25, 0.3) is 0 Å². The highest BCUT2D eigenvalue weighted by atomic mass is 16.6. The highest BCUT2D eigenvalue weighted by Gasteiger charge is 2.11. The lowest BCUT2D eigenvalue weighted by atomic mass is 9.99. The Labute approximate surface area is 426 Å². The van der Waals surface area contributed by atoms with Gasteiger partial charge >= 0.3 is 0 Å². The van der Waals surface area contributed by atoms with E-state index in [1.807, 2.05) is 12.4 Å². The number of unbranched alkanes of at least 4 members (excludes halogenated alkanes) is 18. The van der Waals surface area contributed by atoms with Crippen LogP contribution < -0.4 is 0 Å². The predicted octanol–water partition coefficient (Wildman–Crippen LogP) is 14.5. The zero-order valence-corrected chi connectivity index (χ0v) is 44.5. The van der Waals surface area contributed by atoms with Crippen LogP contribution >= 0.6 is 0 Å². The Bertz CT molecular complexity index is 1580. The summed E-state index contributed by atoms with van der Waals surface area (Å²) in [5.41, 5.74) is 8.54. The van der Waals surface area contributed by atoms with Crippen LogP contribution in [0.2, 0.25) is 0 Å². The maximum atomic E-state index is 6.21. The number of benzene rings is 3. The fraction of sp³-hybridized carbons (Fsp3) is 0.667. The van der Waals surface area contributed by atoms with Crippen molar-refractivity contribution in [3.63, 3.8) is 0 Å². The van der Waals surface area contributed by atoms with Gasteiger partial charge in [-0.25, -0.2) is 0 Å². The van der Waals surface area contributed by atoms with Gasteiger partial charge in [-0.2, -0.15) is 0 Å². The Morgan fingerprint density at radius 3 is 0.971 bits per heavy atom. The molecule has 0 aliphatic carbocycles. The van der Waals surface area contributed by atoms with Gasteiger partial charge in [0.2, 0.25) is 0 Å². The molecule has 394 valence electrons. The molecule has 0 fully saturated rings. The molecule has 0 aromatic heterocycles. The Kier molecular flexibility index (Phi) is 38.7. The average Bonchev–Trinajstić information content (AvgIpc) is 3.38. The molecule has 0 saturated heterocycles. The van der Waals surface area contributed by atoms with E-state index in [0.717, 1.165) is 46.5 Å². The van der Waals surface area contributed by atoms with Crippen molar-refractivity contribution in [1.82, 2.24) is 0 Å². The molecule has 0 unspecified atom stereocenters. The monoisotopic (exact) mass is 973 g/mol. The molecule has 0 radical (unpaired) electrons. The molecular formula is C60H96N2O8. The van der Waals surface area contributed by atoms with Crippen LogP contribution in [0.4, 0.5) is 11.4 Å². The number of nitrogens with zero attached hydrogens (tertiary/aromatic N) is 2. The summed E-state index contributed by atoms with van der Waals surface area (Å²) >= 11 is 0. The predicted molar refractivity (Wildman–Crippen MR) is 291 cm³/mol. The topological polar surface area (TPSA) is 98.6 Å². The van der Waals surface area contributed by atoms with Crippen LogP contribution in [0.1, 0.15) is 176 Å². The van der Waals surface area contributed by atoms with Gasteiger partial charge in [0, 0.05) is 26.6 Å². The molecule has 3 rings (SSSR count). The van der Waals surface area contributed by atoms with Gasteiger partial charge in [0.25, 0.3) is 0 Å². The van der Waals surface area contributed by atoms with Crippen LogP contribution in [0.5, 0.6) is 0 Å². The minimum atomic E-state index is 0.393. The van der Waals surface area contributed by atoms with Gasteiger partial charge in [-0.05, 0) is 95.5 Å². The number of methoxy groups -OCH3 is 2. The van der Waals surface area contributed by atoms with E-state index in [2.05, 4.69) is 74.5 Å². The molecule has 0 atom stereocenters. The number of ether oxygens (including phenoxy) is 8. The van der Waals surface area contributed by atoms with Crippen molar-refractivity contribution in [2.45, 2.75) is 168 Å². The summed E-state index contributed by atoms with van der Waals surface area (Å²) in [6.45, 7) is 11.5. The molecule has 0 spiro atoms. The largest absolute Gasteiger partial charge is 0.382 e. The highest BCUT2D eigenvalue weighted by molar-refractivity contribution is 5.90. The van der Waals surface area contributed by atoms with Crippen molar-refractivity contribution in [1.29, 1.82) is 0 Å². The quantitative estimate of drug-likeness (QED) is 0.0408. The molecule has 0 heterocycles. The maximum Gasteiger partial charge on any atom is 0.0724 e. The first kappa shape index (κ1) is 61.0. The lowest BCUT2D eigenvalue weighted by Crippen LogP contribution is -2.12. The molecule has 0 bridgehead atoms. The van der Waals surface area contributed by atoms with E-state index in [1.165, 1.54) is 140 Å². The van der Waals surface area contributed by atoms with Crippen LogP contribution in [0.3, 0.4) is 0 Å². The number of hydrogen-bond acceptors (Lipinski definition) is 10. The second kappa shape index (κ2) is 44.4. The maximum absolute atomic E-state index is 6.21. The molecule has 3 aromatic carbocycles. The summed E-state index contributed by atoms with van der Waals surface area (Å²) < 4.78 is 45.1. The number of aliphatic imine (C=N–C) groups is 2. The van der Waals surface area contributed by atoms with Crippen molar-refractivity contribution in [3.8, 4) is 0 Å². The molecule has 0 saturated carbocycles. The number of hydrogen-bond donors (Lipinski definition) is 0. The number of aryl methyl sites for hydroxylation is 2. The third-order valence-corrected chi connectivity index (χ3v) is 12.5. The Hall–Kier alpha value is -3.32. The van der Waals surface area contributed by atoms with Crippen LogP contribution in [0, 0.1) is 0 Å². The van der Waals surface area contributed by atoms with E-state index in [0.29, 0.717) is 92.5 Å². The molecule has 0 N–H and O–H groups in total. The van der Waals surface area contributed by atoms with Crippen LogP contribution in [0.15, 0.2) is 70.6 Å². The molecule has 10 heteroatoms. The van der Waals surface area contributed by atoms with Crippen molar-refractivity contribution in [3.05, 3.63) is 94.0 Å². The van der Waals surface area contributed by atoms with Crippen molar-refractivity contribution in [2.75, 3.05) is 93.5 Å². The summed E-state index contributed by atoms with van der Waals surface area (Å²) in [5.74, 6) is 0. The lowest BCUT2D eigenvalue weighted by Gasteiger charge is -2.14. The summed E-state index contributed by atoms with van der Waals surface area (Å²) in [7, 11) is 3.34. The molecule has 0 aliphatic heterocycles. The first-order valence-corrected chi connectivity index (χ1v) is 27.5. The van der Waals surface area contributed by atoms with Gasteiger partial charge in [-0.3, -0.25) is 9.98 Å². The average molecular weight is 973 g/mol. The first-order valence-electron chi connectivity index (χ1n) is 27.5. The van der Waals surface area contributed by atoms with Crippen LogP contribution in [-0.2, 0) is 64.0 Å². The van der Waals surface area contributed by atoms with E-state index in [4.69, 9.17) is 47.9 Å². The highest BCUT2D eigenvalue weighted by Crippen LogP contribution is 2.23. The molecule has 10 nitrogen and oxygen atoms in total. The summed E-state index contributed by atoms with van der Waals surface area (Å²) in [4.78, 5) is 9.96. The summed E-state index contributed by atoms with van der Waals surface area (Å²) in [5, 5.41) is 0.